The SMILES string of the molecule is CCOC(=O)N[NH]. The van der Waals surface area contributed by atoms with Crippen LogP contribution in [-0.2, 0) is 4.74 Å². The summed E-state index contributed by atoms with van der Waals surface area (Å²) in [6.07, 6.45) is -0.706. The van der Waals surface area contributed by atoms with Gasteiger partial charge in [-0.15, -0.1) is 5.84 Å². The first-order valence-electron chi connectivity index (χ1n) is 1.90. The molecule has 0 aliphatic heterocycles. The zero-order valence-electron chi connectivity index (χ0n) is 4.02. The van der Waals surface area contributed by atoms with Gasteiger partial charge in [0.15, 0.2) is 0 Å². The molecule has 1 amide bonds. The van der Waals surface area contributed by atoms with Crippen LogP contribution >= 0.6 is 0 Å². The van der Waals surface area contributed by atoms with Crippen molar-refractivity contribution < 1.29 is 9.53 Å². The van der Waals surface area contributed by atoms with Gasteiger partial charge in [-0.25, -0.2) is 10.2 Å². The lowest BCUT2D eigenvalue weighted by Gasteiger charge is -1.94. The molecule has 2 N–H and O–H groups in total. The van der Waals surface area contributed by atoms with Gasteiger partial charge in [0.25, 0.3) is 0 Å². The van der Waals surface area contributed by atoms with Crippen molar-refractivity contribution in [2.75, 3.05) is 6.61 Å². The molecule has 0 rings (SSSR count). The second-order valence-electron chi connectivity index (χ2n) is 0.845. The van der Waals surface area contributed by atoms with E-state index in [1.807, 2.05) is 0 Å². The molecule has 0 bridgehead atoms. The molecule has 41 valence electrons. The van der Waals surface area contributed by atoms with Crippen LogP contribution in [0.2, 0.25) is 0 Å². The molecule has 4 heteroatoms. The minimum absolute atomic E-state index is 0.310. The molecule has 0 saturated heterocycles. The summed E-state index contributed by atoms with van der Waals surface area (Å²) in [4.78, 5) is 9.89. The molecule has 0 atom stereocenters. The smallest absolute Gasteiger partial charge is 0.422 e. The monoisotopic (exact) mass is 103 g/mol. The fourth-order valence-electron chi connectivity index (χ4n) is 0.167. The number of rotatable bonds is 1. The lowest BCUT2D eigenvalue weighted by Crippen LogP contribution is -2.21. The van der Waals surface area contributed by atoms with Gasteiger partial charge in [0.2, 0.25) is 0 Å². The van der Waals surface area contributed by atoms with E-state index in [0.717, 1.165) is 0 Å². The number of nitrogens with one attached hydrogen (secondary N) is 2. The Morgan fingerprint density at radius 3 is 2.71 bits per heavy atom. The second kappa shape index (κ2) is 3.42. The number of hydrogen-bond donors (Lipinski definition) is 1. The summed E-state index contributed by atoms with van der Waals surface area (Å²) in [6, 6.07) is 0. The van der Waals surface area contributed by atoms with Crippen LogP contribution in [-0.4, -0.2) is 12.7 Å². The molecule has 0 heterocycles. The molecule has 1 radical (unpaired) electrons. The summed E-state index contributed by atoms with van der Waals surface area (Å²) in [5.74, 6) is 6.19. The Balaban J connectivity index is 3.00. The first kappa shape index (κ1) is 6.23. The summed E-state index contributed by atoms with van der Waals surface area (Å²) in [6.45, 7) is 1.99. The van der Waals surface area contributed by atoms with Crippen LogP contribution in [0.4, 0.5) is 4.79 Å². The van der Waals surface area contributed by atoms with Gasteiger partial charge >= 0.3 is 6.09 Å². The summed E-state index contributed by atoms with van der Waals surface area (Å²) >= 11 is 0. The Labute approximate surface area is 41.6 Å². The van der Waals surface area contributed by atoms with Gasteiger partial charge in [-0.1, -0.05) is 0 Å². The summed E-state index contributed by atoms with van der Waals surface area (Å²) in [5.41, 5.74) is 1.55. The highest BCUT2D eigenvalue weighted by molar-refractivity contribution is 5.65. The van der Waals surface area contributed by atoms with Gasteiger partial charge < -0.3 is 4.74 Å². The van der Waals surface area contributed by atoms with E-state index in [0.29, 0.717) is 6.61 Å². The van der Waals surface area contributed by atoms with E-state index in [2.05, 4.69) is 4.74 Å². The molecule has 0 aliphatic carbocycles. The highest BCUT2D eigenvalue weighted by atomic mass is 16.5. The van der Waals surface area contributed by atoms with E-state index in [-0.39, 0.29) is 0 Å². The van der Waals surface area contributed by atoms with Crippen LogP contribution in [0.15, 0.2) is 0 Å². The van der Waals surface area contributed by atoms with E-state index in [1.165, 1.54) is 0 Å². The minimum Gasteiger partial charge on any atom is -0.449 e. The Bertz CT molecular complexity index is 64.0. The van der Waals surface area contributed by atoms with Crippen molar-refractivity contribution in [2.45, 2.75) is 6.92 Å². The van der Waals surface area contributed by atoms with Crippen molar-refractivity contribution in [3.63, 3.8) is 0 Å². The average molecular weight is 103 g/mol. The number of carbonyl (C=O) groups excluding carboxylic acids is 1. The van der Waals surface area contributed by atoms with Crippen molar-refractivity contribution in [1.82, 2.24) is 11.3 Å². The molecule has 0 aliphatic rings. The van der Waals surface area contributed by atoms with E-state index in [4.69, 9.17) is 5.84 Å². The lowest BCUT2D eigenvalue weighted by molar-refractivity contribution is 0.151. The van der Waals surface area contributed by atoms with Gasteiger partial charge in [0.1, 0.15) is 0 Å². The molecule has 0 unspecified atom stereocenters. The van der Waals surface area contributed by atoms with Crippen molar-refractivity contribution in [3.8, 4) is 0 Å². The summed E-state index contributed by atoms with van der Waals surface area (Å²) in [5, 5.41) is 0. The molecule has 0 aromatic carbocycles. The maximum Gasteiger partial charge on any atom is 0.422 e. The quantitative estimate of drug-likeness (QED) is 0.472. The highest BCUT2D eigenvalue weighted by Crippen LogP contribution is 1.70. The fourth-order valence-corrected chi connectivity index (χ4v) is 0.167. The molecule has 0 aromatic heterocycles. The third-order valence-electron chi connectivity index (χ3n) is 0.377. The van der Waals surface area contributed by atoms with Crippen LogP contribution < -0.4 is 11.3 Å². The molecule has 0 fully saturated rings. The van der Waals surface area contributed by atoms with Crippen molar-refractivity contribution in [3.05, 3.63) is 0 Å². The van der Waals surface area contributed by atoms with E-state index < -0.39 is 6.09 Å². The van der Waals surface area contributed by atoms with E-state index in [9.17, 15) is 4.79 Å². The van der Waals surface area contributed by atoms with Crippen LogP contribution in [0.3, 0.4) is 0 Å². The molecular weight excluding hydrogens is 96.0 g/mol. The van der Waals surface area contributed by atoms with Crippen LogP contribution in [0.1, 0.15) is 6.92 Å². The minimum atomic E-state index is -0.706. The summed E-state index contributed by atoms with van der Waals surface area (Å²) in [7, 11) is 0. The lowest BCUT2D eigenvalue weighted by atomic mass is 10.9. The maximum absolute atomic E-state index is 9.89. The highest BCUT2D eigenvalue weighted by Gasteiger charge is 1.90. The molecule has 0 saturated carbocycles. The van der Waals surface area contributed by atoms with Gasteiger partial charge in [-0.05, 0) is 6.92 Å². The van der Waals surface area contributed by atoms with Gasteiger partial charge in [0.05, 0.1) is 6.61 Å². The third-order valence-corrected chi connectivity index (χ3v) is 0.377. The number of hydrogen-bond acceptors (Lipinski definition) is 2. The predicted molar refractivity (Wildman–Crippen MR) is 23.3 cm³/mol. The molecule has 4 nitrogen and oxygen atoms in total. The van der Waals surface area contributed by atoms with E-state index in [1.54, 1.807) is 12.3 Å². The largest absolute Gasteiger partial charge is 0.449 e. The third kappa shape index (κ3) is 3.05. The van der Waals surface area contributed by atoms with Crippen LogP contribution in [0, 0.1) is 0 Å². The normalized spacial score (nSPS) is 7.71. The number of carbonyl (C=O) groups is 1. The van der Waals surface area contributed by atoms with Gasteiger partial charge in [-0.3, -0.25) is 0 Å². The standard InChI is InChI=1S/C3H7N2O2/c1-2-7-3(6)5-4/h4H,2H2,1H3,(H,5,6). The second-order valence-corrected chi connectivity index (χ2v) is 0.845. The number of ether oxygens (including phenoxy) is 1. The van der Waals surface area contributed by atoms with Crippen molar-refractivity contribution >= 4 is 6.09 Å². The first-order chi connectivity index (χ1) is 3.31. The zero-order valence-corrected chi connectivity index (χ0v) is 4.02. The molecule has 7 heavy (non-hydrogen) atoms. The molecule has 0 aromatic rings. The first-order valence-corrected chi connectivity index (χ1v) is 1.90. The topological polar surface area (TPSA) is 62.1 Å². The van der Waals surface area contributed by atoms with Crippen LogP contribution in [0.25, 0.3) is 0 Å². The van der Waals surface area contributed by atoms with Gasteiger partial charge in [-0.2, -0.15) is 0 Å². The Hall–Kier alpha value is -0.770. The predicted octanol–water partition coefficient (Wildman–Crippen LogP) is -0.0696. The molecular formula is C3H7N2O2. The van der Waals surface area contributed by atoms with Crippen molar-refractivity contribution in [1.29, 1.82) is 0 Å². The Kier molecular flexibility index (Phi) is 3.04. The maximum atomic E-state index is 9.89. The van der Waals surface area contributed by atoms with Gasteiger partial charge in [0, 0.05) is 0 Å². The average Bonchev–Trinajstić information content (AvgIpc) is 1.68. The zero-order chi connectivity index (χ0) is 5.70. The fraction of sp³-hybridized carbons (Fsp3) is 0.667. The molecule has 0 spiro atoms. The summed E-state index contributed by atoms with van der Waals surface area (Å²) < 4.78 is 4.25. The Morgan fingerprint density at radius 2 is 2.57 bits per heavy atom. The van der Waals surface area contributed by atoms with Crippen molar-refractivity contribution in [2.24, 2.45) is 0 Å². The van der Waals surface area contributed by atoms with E-state index >= 15 is 0 Å². The Morgan fingerprint density at radius 1 is 2.00 bits per heavy atom. The number of amides is 1. The van der Waals surface area contributed by atoms with Crippen LogP contribution in [0.5, 0.6) is 0 Å².